The zero-order valence-electron chi connectivity index (χ0n) is 16.9. The van der Waals surface area contributed by atoms with Crippen molar-refractivity contribution in [3.05, 3.63) is 41.0 Å². The first-order valence-corrected chi connectivity index (χ1v) is 10.3. The fraction of sp³-hybridized carbons (Fsp3) is 0.550. The third kappa shape index (κ3) is 5.38. The molecule has 1 aliphatic heterocycles. The Morgan fingerprint density at radius 3 is 2.71 bits per heavy atom. The van der Waals surface area contributed by atoms with Crippen LogP contribution < -0.4 is 10.2 Å². The normalized spacial score (nSPS) is 15.4. The van der Waals surface area contributed by atoms with E-state index in [2.05, 4.69) is 52.1 Å². The number of hydrogen-bond donors (Lipinski definition) is 1. The van der Waals surface area contributed by atoms with Gasteiger partial charge in [-0.15, -0.1) is 0 Å². The Balaban J connectivity index is 1.55. The molecule has 0 atom stereocenters. The van der Waals surface area contributed by atoms with Crippen LogP contribution in [-0.2, 0) is 6.42 Å². The molecular weight excluding hydrogens is 376 g/mol. The Hall–Kier alpha value is -2.28. The van der Waals surface area contributed by atoms with E-state index in [9.17, 15) is 0 Å². The molecule has 0 bridgehead atoms. The highest BCUT2D eigenvalue weighted by molar-refractivity contribution is 6.30. The maximum Gasteiger partial charge on any atom is 0.228 e. The zero-order chi connectivity index (χ0) is 19.9. The minimum absolute atomic E-state index is 0.272. The third-order valence-electron chi connectivity index (χ3n) is 4.67. The molecule has 8 heteroatoms. The van der Waals surface area contributed by atoms with Crippen molar-refractivity contribution in [3.63, 3.8) is 0 Å². The Morgan fingerprint density at radius 2 is 2.07 bits per heavy atom. The number of anilines is 1. The van der Waals surface area contributed by atoms with Crippen LogP contribution in [0.3, 0.4) is 0 Å². The third-order valence-corrected chi connectivity index (χ3v) is 4.91. The molecule has 0 saturated carbocycles. The number of hydrogen-bond acceptors (Lipinski definition) is 5. The maximum absolute atomic E-state index is 6.13. The molecule has 1 fully saturated rings. The van der Waals surface area contributed by atoms with Crippen LogP contribution in [0.2, 0.25) is 5.02 Å². The first-order chi connectivity index (χ1) is 13.6. The van der Waals surface area contributed by atoms with Gasteiger partial charge in [0.05, 0.1) is 6.54 Å². The lowest BCUT2D eigenvalue weighted by Crippen LogP contribution is -2.52. The minimum Gasteiger partial charge on any atom is -0.368 e. The molecule has 3 rings (SSSR count). The number of nitrogens with zero attached hydrogens (tertiary/aromatic N) is 5. The van der Waals surface area contributed by atoms with Crippen molar-refractivity contribution in [1.82, 2.24) is 20.4 Å². The molecule has 1 aromatic carbocycles. The molecule has 0 unspecified atom stereocenters. The predicted octanol–water partition coefficient (Wildman–Crippen LogP) is 3.18. The van der Waals surface area contributed by atoms with Gasteiger partial charge in [0, 0.05) is 55.8 Å². The fourth-order valence-corrected chi connectivity index (χ4v) is 3.32. The summed E-state index contributed by atoms with van der Waals surface area (Å²) in [6.07, 6.45) is 0.650. The molecule has 0 aliphatic carbocycles. The second-order valence-corrected chi connectivity index (χ2v) is 7.58. The van der Waals surface area contributed by atoms with Crippen LogP contribution in [0.25, 0.3) is 0 Å². The van der Waals surface area contributed by atoms with Gasteiger partial charge in [-0.05, 0) is 25.1 Å². The van der Waals surface area contributed by atoms with Gasteiger partial charge in [0.2, 0.25) is 5.89 Å². The summed E-state index contributed by atoms with van der Waals surface area (Å²) in [5, 5.41) is 8.18. The van der Waals surface area contributed by atoms with Crippen LogP contribution in [0.4, 0.5) is 5.69 Å². The van der Waals surface area contributed by atoms with Crippen molar-refractivity contribution in [2.24, 2.45) is 4.99 Å². The summed E-state index contributed by atoms with van der Waals surface area (Å²) in [7, 11) is 0. The average Bonchev–Trinajstić information content (AvgIpc) is 3.17. The highest BCUT2D eigenvalue weighted by atomic mass is 35.5. The molecule has 1 saturated heterocycles. The Labute approximate surface area is 171 Å². The Bertz CT molecular complexity index is 783. The van der Waals surface area contributed by atoms with Crippen molar-refractivity contribution in [1.29, 1.82) is 0 Å². The van der Waals surface area contributed by atoms with E-state index in [0.29, 0.717) is 18.9 Å². The lowest BCUT2D eigenvalue weighted by molar-refractivity contribution is 0.366. The highest BCUT2D eigenvalue weighted by Crippen LogP contribution is 2.20. The fourth-order valence-electron chi connectivity index (χ4n) is 3.14. The van der Waals surface area contributed by atoms with Crippen LogP contribution in [0, 0.1) is 0 Å². The first-order valence-electron chi connectivity index (χ1n) is 9.93. The van der Waals surface area contributed by atoms with Gasteiger partial charge < -0.3 is 19.6 Å². The molecule has 1 N–H and O–H groups in total. The summed E-state index contributed by atoms with van der Waals surface area (Å²) in [5.41, 5.74) is 1.17. The molecule has 152 valence electrons. The quantitative estimate of drug-likeness (QED) is 0.589. The molecule has 0 amide bonds. The summed E-state index contributed by atoms with van der Waals surface area (Å²) < 4.78 is 5.30. The molecule has 7 nitrogen and oxygen atoms in total. The van der Waals surface area contributed by atoms with Gasteiger partial charge in [-0.2, -0.15) is 4.98 Å². The van der Waals surface area contributed by atoms with Crippen LogP contribution >= 0.6 is 11.6 Å². The van der Waals surface area contributed by atoms with Gasteiger partial charge in [-0.25, -0.2) is 0 Å². The summed E-state index contributed by atoms with van der Waals surface area (Å²) in [5.74, 6) is 2.61. The summed E-state index contributed by atoms with van der Waals surface area (Å²) in [6.45, 7) is 11.4. The summed E-state index contributed by atoms with van der Waals surface area (Å²) >= 11 is 6.13. The van der Waals surface area contributed by atoms with Gasteiger partial charge in [-0.1, -0.05) is 36.7 Å². The molecule has 2 heterocycles. The van der Waals surface area contributed by atoms with Gasteiger partial charge in [0.15, 0.2) is 11.8 Å². The number of benzene rings is 1. The number of piperazine rings is 1. The minimum atomic E-state index is 0.272. The van der Waals surface area contributed by atoms with Crippen LogP contribution in [-0.4, -0.2) is 60.3 Å². The number of aliphatic imine (C=N–C) groups is 1. The number of nitrogens with one attached hydrogen (secondary N) is 1. The molecule has 2 aromatic rings. The Kier molecular flexibility index (Phi) is 7.14. The van der Waals surface area contributed by atoms with Crippen LogP contribution in [0.15, 0.2) is 33.8 Å². The number of guanidine groups is 1. The van der Waals surface area contributed by atoms with E-state index >= 15 is 0 Å². The standard InChI is InChI=1S/C20H29ClN6O/c1-4-22-20(23-9-8-18-24-19(15(2)3)25-28-18)27-12-10-26(11-13-27)17-7-5-6-16(21)14-17/h5-7,14-15H,4,8-13H2,1-3H3,(H,22,23). The van der Waals surface area contributed by atoms with E-state index in [1.54, 1.807) is 0 Å². The Morgan fingerprint density at radius 1 is 1.29 bits per heavy atom. The molecule has 28 heavy (non-hydrogen) atoms. The molecule has 0 spiro atoms. The van der Waals surface area contributed by atoms with Gasteiger partial charge in [0.1, 0.15) is 0 Å². The van der Waals surface area contributed by atoms with E-state index in [1.165, 1.54) is 5.69 Å². The summed E-state index contributed by atoms with van der Waals surface area (Å²) in [4.78, 5) is 13.8. The van der Waals surface area contributed by atoms with Crippen LogP contribution in [0.5, 0.6) is 0 Å². The zero-order valence-corrected chi connectivity index (χ0v) is 17.6. The summed E-state index contributed by atoms with van der Waals surface area (Å²) in [6, 6.07) is 8.03. The average molecular weight is 405 g/mol. The van der Waals surface area contributed by atoms with Crippen molar-refractivity contribution >= 4 is 23.2 Å². The first kappa shape index (κ1) is 20.5. The SMILES string of the molecule is CCNC(=NCCc1nc(C(C)C)no1)N1CCN(c2cccc(Cl)c2)CC1. The topological polar surface area (TPSA) is 69.8 Å². The predicted molar refractivity (Wildman–Crippen MR) is 113 cm³/mol. The van der Waals surface area contributed by atoms with Crippen molar-refractivity contribution in [2.75, 3.05) is 44.2 Å². The molecule has 0 radical (unpaired) electrons. The monoisotopic (exact) mass is 404 g/mol. The van der Waals surface area contributed by atoms with Crippen molar-refractivity contribution in [3.8, 4) is 0 Å². The second-order valence-electron chi connectivity index (χ2n) is 7.14. The molecular formula is C20H29ClN6O. The van der Waals surface area contributed by atoms with Gasteiger partial charge >= 0.3 is 0 Å². The van der Waals surface area contributed by atoms with E-state index in [4.69, 9.17) is 21.1 Å². The van der Waals surface area contributed by atoms with Crippen LogP contribution in [0.1, 0.15) is 38.4 Å². The van der Waals surface area contributed by atoms with E-state index in [0.717, 1.165) is 49.5 Å². The van der Waals surface area contributed by atoms with Gasteiger partial charge in [-0.3, -0.25) is 4.99 Å². The van der Waals surface area contributed by atoms with E-state index in [1.807, 2.05) is 18.2 Å². The largest absolute Gasteiger partial charge is 0.368 e. The highest BCUT2D eigenvalue weighted by Gasteiger charge is 2.20. The van der Waals surface area contributed by atoms with Gasteiger partial charge in [0.25, 0.3) is 0 Å². The maximum atomic E-state index is 6.13. The second kappa shape index (κ2) is 9.78. The van der Waals surface area contributed by atoms with E-state index < -0.39 is 0 Å². The van der Waals surface area contributed by atoms with Crippen molar-refractivity contribution < 1.29 is 4.52 Å². The van der Waals surface area contributed by atoms with E-state index in [-0.39, 0.29) is 5.92 Å². The smallest absolute Gasteiger partial charge is 0.228 e. The number of halogens is 1. The lowest BCUT2D eigenvalue weighted by Gasteiger charge is -2.37. The van der Waals surface area contributed by atoms with Crippen molar-refractivity contribution in [2.45, 2.75) is 33.1 Å². The molecule has 1 aliphatic rings. The number of rotatable bonds is 6. The lowest BCUT2D eigenvalue weighted by atomic mass is 10.2. The molecule has 1 aromatic heterocycles. The number of aromatic nitrogens is 2.